The van der Waals surface area contributed by atoms with Crippen molar-refractivity contribution >= 4 is 53.5 Å². The number of likely N-dealkylation sites (N-methyl/N-ethyl adjacent to an activating group) is 1. The molecule has 0 radical (unpaired) electrons. The fourth-order valence-electron chi connectivity index (χ4n) is 1.52. The smallest absolute Gasteiger partial charge is 0.246 e. The third kappa shape index (κ3) is 3.68. The van der Waals surface area contributed by atoms with Gasteiger partial charge in [-0.25, -0.2) is 8.42 Å². The van der Waals surface area contributed by atoms with Crippen LogP contribution in [0.4, 0.5) is 5.69 Å². The van der Waals surface area contributed by atoms with Gasteiger partial charge < -0.3 is 11.5 Å². The maximum atomic E-state index is 12.4. The van der Waals surface area contributed by atoms with Gasteiger partial charge in [0.2, 0.25) is 15.9 Å². The number of sulfonamides is 1. The molecule has 0 atom stereocenters. The highest BCUT2D eigenvalue weighted by atomic mass is 79.9. The van der Waals surface area contributed by atoms with Crippen LogP contribution in [0.3, 0.4) is 0 Å². The maximum absolute atomic E-state index is 12.4. The van der Waals surface area contributed by atoms with E-state index in [0.717, 1.165) is 4.31 Å². The zero-order chi connectivity index (χ0) is 14.8. The van der Waals surface area contributed by atoms with Gasteiger partial charge in [0.25, 0.3) is 0 Å². The van der Waals surface area contributed by atoms with Crippen molar-refractivity contribution in [3.63, 3.8) is 0 Å². The number of nitrogen functional groups attached to an aromatic ring is 1. The van der Waals surface area contributed by atoms with Crippen molar-refractivity contribution in [2.45, 2.75) is 11.8 Å². The molecule has 4 N–H and O–H groups in total. The Kier molecular flexibility index (Phi) is 5.36. The van der Waals surface area contributed by atoms with Gasteiger partial charge in [0.1, 0.15) is 4.90 Å². The molecule has 106 valence electrons. The standard InChI is InChI=1S/C10H13Br2N3O3S/c1-2-15(5-9(14)16)19(17,18)10-7(12)3-6(11)4-8(10)13/h3-4H,2,5,13H2,1H3,(H2,14,16). The van der Waals surface area contributed by atoms with Crippen LogP contribution in [0.1, 0.15) is 6.92 Å². The number of primary amides is 1. The van der Waals surface area contributed by atoms with Gasteiger partial charge >= 0.3 is 0 Å². The van der Waals surface area contributed by atoms with E-state index in [4.69, 9.17) is 11.5 Å². The molecule has 9 heteroatoms. The highest BCUT2D eigenvalue weighted by Gasteiger charge is 2.29. The number of carbonyl (C=O) groups is 1. The average molecular weight is 415 g/mol. The lowest BCUT2D eigenvalue weighted by atomic mass is 10.3. The molecule has 0 saturated heterocycles. The Morgan fingerprint density at radius 1 is 1.37 bits per heavy atom. The molecule has 0 aliphatic heterocycles. The van der Waals surface area contributed by atoms with Crippen LogP contribution in [-0.4, -0.2) is 31.7 Å². The second-order valence-corrected chi connectivity index (χ2v) is 7.35. The van der Waals surface area contributed by atoms with E-state index in [0.29, 0.717) is 8.95 Å². The van der Waals surface area contributed by atoms with Crippen LogP contribution in [0, 0.1) is 0 Å². The van der Waals surface area contributed by atoms with Crippen LogP contribution < -0.4 is 11.5 Å². The van der Waals surface area contributed by atoms with Crippen LogP contribution in [0.15, 0.2) is 26.0 Å². The number of nitrogens with two attached hydrogens (primary N) is 2. The number of rotatable bonds is 5. The summed E-state index contributed by atoms with van der Waals surface area (Å²) in [6, 6.07) is 3.05. The minimum Gasteiger partial charge on any atom is -0.398 e. The zero-order valence-electron chi connectivity index (χ0n) is 10.1. The minimum absolute atomic E-state index is 0.0706. The Bertz CT molecular complexity index is 581. The molecule has 6 nitrogen and oxygen atoms in total. The first kappa shape index (κ1) is 16.4. The summed E-state index contributed by atoms with van der Waals surface area (Å²) in [5.41, 5.74) is 10.9. The lowest BCUT2D eigenvalue weighted by Crippen LogP contribution is -2.38. The topological polar surface area (TPSA) is 106 Å². The van der Waals surface area contributed by atoms with Crippen LogP contribution in [0.2, 0.25) is 0 Å². The molecular weight excluding hydrogens is 402 g/mol. The van der Waals surface area contributed by atoms with E-state index in [1.807, 2.05) is 0 Å². The van der Waals surface area contributed by atoms with E-state index < -0.39 is 15.9 Å². The maximum Gasteiger partial charge on any atom is 0.246 e. The molecule has 0 heterocycles. The Labute approximate surface area is 128 Å². The molecule has 0 bridgehead atoms. The Hall–Kier alpha value is -0.640. The summed E-state index contributed by atoms with van der Waals surface area (Å²) in [6.45, 7) is 1.34. The molecule has 1 rings (SSSR count). The Morgan fingerprint density at radius 3 is 2.37 bits per heavy atom. The first-order chi connectivity index (χ1) is 8.70. The van der Waals surface area contributed by atoms with E-state index in [1.54, 1.807) is 13.0 Å². The van der Waals surface area contributed by atoms with E-state index >= 15 is 0 Å². The van der Waals surface area contributed by atoms with E-state index in [-0.39, 0.29) is 23.7 Å². The summed E-state index contributed by atoms with van der Waals surface area (Å²) in [5.74, 6) is -0.725. The van der Waals surface area contributed by atoms with Gasteiger partial charge in [-0.15, -0.1) is 0 Å². The Morgan fingerprint density at radius 2 is 1.95 bits per heavy atom. The Balaban J connectivity index is 3.38. The lowest BCUT2D eigenvalue weighted by molar-refractivity contribution is -0.118. The fourth-order valence-corrected chi connectivity index (χ4v) is 4.95. The summed E-state index contributed by atoms with van der Waals surface area (Å²) in [5, 5.41) is 0. The molecule has 19 heavy (non-hydrogen) atoms. The van der Waals surface area contributed by atoms with Crippen molar-refractivity contribution in [1.29, 1.82) is 0 Å². The van der Waals surface area contributed by atoms with Gasteiger partial charge in [-0.05, 0) is 28.1 Å². The van der Waals surface area contributed by atoms with Crippen molar-refractivity contribution in [2.24, 2.45) is 5.73 Å². The van der Waals surface area contributed by atoms with Crippen LogP contribution in [0.25, 0.3) is 0 Å². The van der Waals surface area contributed by atoms with Gasteiger partial charge in [-0.1, -0.05) is 22.9 Å². The summed E-state index contributed by atoms with van der Waals surface area (Å²) < 4.78 is 26.8. The lowest BCUT2D eigenvalue weighted by Gasteiger charge is -2.20. The number of carbonyl (C=O) groups excluding carboxylic acids is 1. The second kappa shape index (κ2) is 6.21. The SMILES string of the molecule is CCN(CC(N)=O)S(=O)(=O)c1c(N)cc(Br)cc1Br. The highest BCUT2D eigenvalue weighted by molar-refractivity contribution is 9.11. The molecular formula is C10H13Br2N3O3S. The predicted molar refractivity (Wildman–Crippen MR) is 79.9 cm³/mol. The van der Waals surface area contributed by atoms with Gasteiger partial charge in [0, 0.05) is 15.5 Å². The summed E-state index contributed by atoms with van der Waals surface area (Å²) >= 11 is 6.38. The van der Waals surface area contributed by atoms with Crippen LogP contribution in [-0.2, 0) is 14.8 Å². The molecule has 1 amide bonds. The number of amides is 1. The monoisotopic (exact) mass is 413 g/mol. The number of nitrogens with zero attached hydrogens (tertiary/aromatic N) is 1. The van der Waals surface area contributed by atoms with Crippen molar-refractivity contribution in [3.05, 3.63) is 21.1 Å². The van der Waals surface area contributed by atoms with Crippen molar-refractivity contribution in [1.82, 2.24) is 4.31 Å². The fraction of sp³-hybridized carbons (Fsp3) is 0.300. The minimum atomic E-state index is -3.88. The molecule has 1 aromatic carbocycles. The summed E-state index contributed by atoms with van der Waals surface area (Å²) in [4.78, 5) is 10.9. The largest absolute Gasteiger partial charge is 0.398 e. The van der Waals surface area contributed by atoms with Crippen molar-refractivity contribution in [2.75, 3.05) is 18.8 Å². The first-order valence-corrected chi connectivity index (χ1v) is 8.25. The summed E-state index contributed by atoms with van der Waals surface area (Å²) in [6.07, 6.45) is 0. The number of halogens is 2. The molecule has 0 fully saturated rings. The van der Waals surface area contributed by atoms with Crippen LogP contribution >= 0.6 is 31.9 Å². The van der Waals surface area contributed by atoms with Crippen molar-refractivity contribution in [3.8, 4) is 0 Å². The van der Waals surface area contributed by atoms with Gasteiger partial charge in [0.15, 0.2) is 0 Å². The molecule has 1 aromatic rings. The molecule has 0 unspecified atom stereocenters. The molecule has 0 spiro atoms. The van der Waals surface area contributed by atoms with E-state index in [2.05, 4.69) is 31.9 Å². The van der Waals surface area contributed by atoms with E-state index in [9.17, 15) is 13.2 Å². The van der Waals surface area contributed by atoms with Gasteiger partial charge in [0.05, 0.1) is 12.2 Å². The molecule has 0 saturated carbocycles. The molecule has 0 aliphatic rings. The number of anilines is 1. The highest BCUT2D eigenvalue weighted by Crippen LogP contribution is 2.33. The van der Waals surface area contributed by atoms with Crippen LogP contribution in [0.5, 0.6) is 0 Å². The quantitative estimate of drug-likeness (QED) is 0.707. The van der Waals surface area contributed by atoms with Crippen molar-refractivity contribution < 1.29 is 13.2 Å². The molecule has 0 aliphatic carbocycles. The number of hydrogen-bond donors (Lipinski definition) is 2. The summed E-state index contributed by atoms with van der Waals surface area (Å²) in [7, 11) is -3.88. The number of hydrogen-bond acceptors (Lipinski definition) is 4. The third-order valence-corrected chi connectivity index (χ3v) is 5.70. The van der Waals surface area contributed by atoms with Gasteiger partial charge in [-0.2, -0.15) is 4.31 Å². The first-order valence-electron chi connectivity index (χ1n) is 5.23. The average Bonchev–Trinajstić information content (AvgIpc) is 2.23. The zero-order valence-corrected chi connectivity index (χ0v) is 14.0. The number of benzene rings is 1. The van der Waals surface area contributed by atoms with Gasteiger partial charge in [-0.3, -0.25) is 4.79 Å². The van der Waals surface area contributed by atoms with E-state index in [1.165, 1.54) is 6.07 Å². The third-order valence-electron chi connectivity index (χ3n) is 2.32. The normalized spacial score (nSPS) is 11.8. The second-order valence-electron chi connectivity index (χ2n) is 3.70. The molecule has 0 aromatic heterocycles. The predicted octanol–water partition coefficient (Wildman–Crippen LogP) is 1.29.